The van der Waals surface area contributed by atoms with E-state index in [-0.39, 0.29) is 31.8 Å². The maximum absolute atomic E-state index is 7.89. The second-order valence-corrected chi connectivity index (χ2v) is 16.7. The molecule has 3 heterocycles. The number of benzene rings is 7. The molecule has 0 N–H and O–H groups in total. The Morgan fingerprint density at radius 2 is 1.26 bits per heavy atom. The van der Waals surface area contributed by atoms with Crippen LogP contribution in [-0.2, 0) is 52.8 Å². The van der Waals surface area contributed by atoms with E-state index in [4.69, 9.17) is 4.11 Å². The zero-order chi connectivity index (χ0) is 46.6. The minimum atomic E-state index is -2.23. The zero-order valence-electron chi connectivity index (χ0n) is 39.9. The molecule has 5 nitrogen and oxygen atoms in total. The van der Waals surface area contributed by atoms with E-state index < -0.39 is 6.85 Å². The predicted molar refractivity (Wildman–Crippen MR) is 266 cm³/mol. The monoisotopic (exact) mass is 1040 g/mol. The van der Waals surface area contributed by atoms with E-state index in [0.717, 1.165) is 92.7 Å². The number of rotatable bonds is 13. The SMILES string of the molecule is [2H]C([2H])([2H])c1ccc(-c2[c-]cc(-c3ccccc3-c3cc(CCc4c[c-]c(-c5nccn5C)cc4)cc(CCc4c[c-]c(C5[N-]C=CN5C)cc4)c3)c(-c3ccc(-c4ccccc4)cc3)c2)nc1.[Ir]. The maximum atomic E-state index is 7.89. The molecule has 66 heavy (non-hydrogen) atoms. The molecule has 1 aliphatic rings. The first kappa shape index (κ1) is 40.4. The van der Waals surface area contributed by atoms with Crippen molar-refractivity contribution >= 4 is 0 Å². The molecule has 0 bridgehead atoms. The van der Waals surface area contributed by atoms with Crippen molar-refractivity contribution < 1.29 is 24.2 Å². The Bertz CT molecular complexity index is 3200. The van der Waals surface area contributed by atoms with Gasteiger partial charge in [0.15, 0.2) is 0 Å². The Morgan fingerprint density at radius 1 is 0.576 bits per heavy atom. The van der Waals surface area contributed by atoms with Crippen LogP contribution in [0.25, 0.3) is 72.5 Å². The van der Waals surface area contributed by atoms with E-state index in [9.17, 15) is 0 Å². The normalized spacial score (nSPS) is 13.9. The van der Waals surface area contributed by atoms with Gasteiger partial charge in [-0.3, -0.25) is 4.98 Å². The number of pyridine rings is 1. The third-order valence-electron chi connectivity index (χ3n) is 12.3. The Morgan fingerprint density at radius 3 is 1.89 bits per heavy atom. The van der Waals surface area contributed by atoms with Crippen LogP contribution in [0.4, 0.5) is 0 Å². The number of imidazole rings is 1. The molecule has 6 heteroatoms. The van der Waals surface area contributed by atoms with Crippen molar-refractivity contribution in [3.63, 3.8) is 0 Å². The van der Waals surface area contributed by atoms with Gasteiger partial charge in [-0.15, -0.1) is 59.2 Å². The van der Waals surface area contributed by atoms with E-state index in [1.807, 2.05) is 49.5 Å². The van der Waals surface area contributed by atoms with Crippen LogP contribution in [0.5, 0.6) is 0 Å². The van der Waals surface area contributed by atoms with Crippen LogP contribution in [-0.4, -0.2) is 26.5 Å². The average Bonchev–Trinajstić information content (AvgIpc) is 4.02. The summed E-state index contributed by atoms with van der Waals surface area (Å²) in [5, 5.41) is 4.60. The number of hydrogen-bond acceptors (Lipinski definition) is 3. The van der Waals surface area contributed by atoms with E-state index in [1.54, 1.807) is 12.1 Å². The van der Waals surface area contributed by atoms with Gasteiger partial charge in [0, 0.05) is 56.9 Å². The van der Waals surface area contributed by atoms with Crippen molar-refractivity contribution in [2.75, 3.05) is 7.05 Å². The first-order valence-electron chi connectivity index (χ1n) is 23.6. The standard InChI is InChI=1S/C60H49N5.Ir/c1-42-13-32-58(63-41-42)52-30-31-56(57(40-52)49-28-26-48(27-29-49)47-9-5-4-6-10-47)55-12-8-7-11-54(55)53-38-45(16-14-43-18-22-50(23-19-43)59-61-33-35-64(59)2)37-46(39-53)17-15-44-20-24-51(25-21-44)60-62-34-36-65(60)3;/h4-13,18-22,24,26-29,31-41,59H,14-17H2,1-3H3;/q-4;/i1D3;. The van der Waals surface area contributed by atoms with E-state index >= 15 is 0 Å². The zero-order valence-corrected chi connectivity index (χ0v) is 39.3. The second kappa shape index (κ2) is 20.0. The van der Waals surface area contributed by atoms with Gasteiger partial charge in [0.25, 0.3) is 0 Å². The summed E-state index contributed by atoms with van der Waals surface area (Å²) < 4.78 is 25.7. The molecule has 10 rings (SSSR count). The van der Waals surface area contributed by atoms with Crippen molar-refractivity contribution in [3.05, 3.63) is 246 Å². The van der Waals surface area contributed by atoms with Gasteiger partial charge in [-0.2, -0.15) is 41.6 Å². The van der Waals surface area contributed by atoms with Gasteiger partial charge in [-0.25, -0.2) is 0 Å². The van der Waals surface area contributed by atoms with Gasteiger partial charge in [0.1, 0.15) is 0 Å². The molecule has 0 fully saturated rings. The Hall–Kier alpha value is -7.11. The molecule has 7 aromatic carbocycles. The molecule has 9 aromatic rings. The van der Waals surface area contributed by atoms with Crippen molar-refractivity contribution in [2.24, 2.45) is 7.05 Å². The summed E-state index contributed by atoms with van der Waals surface area (Å²) in [6.07, 6.45) is 12.5. The summed E-state index contributed by atoms with van der Waals surface area (Å²) in [5.74, 6) is 0.901. The molecule has 2 aromatic heterocycles. The molecule has 1 radical (unpaired) electrons. The fraction of sp³-hybridized carbons (Fsp3) is 0.133. The fourth-order valence-electron chi connectivity index (χ4n) is 8.75. The largest absolute Gasteiger partial charge is 0.668 e. The smallest absolute Gasteiger partial charge is 0.0555 e. The Labute approximate surface area is 407 Å². The van der Waals surface area contributed by atoms with Gasteiger partial charge in [0.2, 0.25) is 0 Å². The van der Waals surface area contributed by atoms with E-state index in [1.165, 1.54) is 28.5 Å². The topological polar surface area (TPSA) is 48.1 Å². The molecule has 0 aliphatic carbocycles. The van der Waals surface area contributed by atoms with Crippen molar-refractivity contribution in [1.82, 2.24) is 19.4 Å². The Balaban J connectivity index is 0.00000593. The number of aryl methyl sites for hydroxylation is 6. The molecular weight excluding hydrogens is 983 g/mol. The second-order valence-electron chi connectivity index (χ2n) is 16.7. The van der Waals surface area contributed by atoms with Crippen LogP contribution in [0.3, 0.4) is 0 Å². The number of aromatic nitrogens is 3. The first-order valence-corrected chi connectivity index (χ1v) is 22.1. The minimum Gasteiger partial charge on any atom is -0.668 e. The number of nitrogens with zero attached hydrogens (tertiary/aromatic N) is 5. The van der Waals surface area contributed by atoms with Crippen LogP contribution >= 0.6 is 0 Å². The fourth-order valence-corrected chi connectivity index (χ4v) is 8.75. The van der Waals surface area contributed by atoms with Gasteiger partial charge in [0.05, 0.1) is 5.82 Å². The molecule has 1 atom stereocenters. The summed E-state index contributed by atoms with van der Waals surface area (Å²) >= 11 is 0. The number of hydrogen-bond donors (Lipinski definition) is 0. The molecular formula is C60H49IrN5-4. The third-order valence-corrected chi connectivity index (χ3v) is 12.3. The van der Waals surface area contributed by atoms with Crippen molar-refractivity contribution in [2.45, 2.75) is 38.7 Å². The summed E-state index contributed by atoms with van der Waals surface area (Å²) in [4.78, 5) is 11.2. The molecule has 0 spiro atoms. The maximum Gasteiger partial charge on any atom is 0.0555 e. The summed E-state index contributed by atoms with van der Waals surface area (Å²) in [7, 11) is 4.04. The van der Waals surface area contributed by atoms with Crippen LogP contribution in [0, 0.1) is 25.1 Å². The predicted octanol–water partition coefficient (Wildman–Crippen LogP) is 13.9. The van der Waals surface area contributed by atoms with Gasteiger partial charge in [-0.1, -0.05) is 139 Å². The summed E-state index contributed by atoms with van der Waals surface area (Å²) in [5.41, 5.74) is 17.5. The molecule has 0 saturated carbocycles. The third kappa shape index (κ3) is 9.77. The van der Waals surface area contributed by atoms with Crippen LogP contribution < -0.4 is 0 Å². The van der Waals surface area contributed by atoms with Crippen molar-refractivity contribution in [3.8, 4) is 67.2 Å². The molecule has 1 aliphatic heterocycles. The molecule has 0 amide bonds. The molecule has 0 saturated heterocycles. The van der Waals surface area contributed by atoms with Crippen LogP contribution in [0.15, 0.2) is 189 Å². The quantitative estimate of drug-likeness (QED) is 0.108. The average molecular weight is 1040 g/mol. The van der Waals surface area contributed by atoms with E-state index in [2.05, 4.69) is 178 Å². The van der Waals surface area contributed by atoms with E-state index in [0.29, 0.717) is 5.69 Å². The van der Waals surface area contributed by atoms with Crippen LogP contribution in [0.2, 0.25) is 0 Å². The molecule has 327 valence electrons. The van der Waals surface area contributed by atoms with Gasteiger partial charge < -0.3 is 19.8 Å². The van der Waals surface area contributed by atoms with Gasteiger partial charge >= 0.3 is 0 Å². The first-order chi connectivity index (χ1) is 33.1. The van der Waals surface area contributed by atoms with Crippen LogP contribution in [0.1, 0.15) is 43.7 Å². The van der Waals surface area contributed by atoms with Gasteiger partial charge in [-0.05, 0) is 82.3 Å². The molecule has 1 unspecified atom stereocenters. The Kier molecular flexibility index (Phi) is 12.2. The summed E-state index contributed by atoms with van der Waals surface area (Å²) in [6, 6.07) is 65.9. The minimum absolute atomic E-state index is 0. The summed E-state index contributed by atoms with van der Waals surface area (Å²) in [6.45, 7) is -2.23. The van der Waals surface area contributed by atoms with Crippen molar-refractivity contribution in [1.29, 1.82) is 0 Å².